The lowest BCUT2D eigenvalue weighted by Crippen LogP contribution is -2.40. The molecule has 0 saturated carbocycles. The summed E-state index contributed by atoms with van der Waals surface area (Å²) in [5, 5.41) is 11.2. The van der Waals surface area contributed by atoms with Crippen LogP contribution < -0.4 is 5.32 Å². The van der Waals surface area contributed by atoms with Crippen LogP contribution in [0.15, 0.2) is 12.2 Å². The van der Waals surface area contributed by atoms with E-state index in [0.29, 0.717) is 104 Å². The van der Waals surface area contributed by atoms with E-state index in [1.165, 1.54) is 11.0 Å². The van der Waals surface area contributed by atoms with Gasteiger partial charge in [0.2, 0.25) is 23.6 Å². The first-order valence-electron chi connectivity index (χ1n) is 20.1. The molecular formula is C38H60N4O19. The van der Waals surface area contributed by atoms with E-state index >= 15 is 0 Å². The van der Waals surface area contributed by atoms with E-state index in [1.807, 2.05) is 0 Å². The minimum absolute atomic E-state index is 0.0345. The van der Waals surface area contributed by atoms with E-state index in [1.54, 1.807) is 11.0 Å². The quantitative estimate of drug-likeness (QED) is 0.0556. The van der Waals surface area contributed by atoms with E-state index in [0.717, 1.165) is 0 Å². The van der Waals surface area contributed by atoms with Gasteiger partial charge in [0.25, 0.3) is 11.8 Å². The summed E-state index contributed by atoms with van der Waals surface area (Å²) in [7, 11) is 0. The Bertz CT molecular complexity index is 1350. The van der Waals surface area contributed by atoms with Crippen LogP contribution >= 0.6 is 0 Å². The molecule has 0 aromatic heterocycles. The van der Waals surface area contributed by atoms with Gasteiger partial charge in [-0.3, -0.25) is 38.9 Å². The Morgan fingerprint density at radius 1 is 0.607 bits per heavy atom. The highest BCUT2D eigenvalue weighted by Gasteiger charge is 2.32. The number of carboxylic acids is 1. The number of aliphatic carboxylic acids is 1. The number of carboxylic acid groups (broad SMARTS) is 1. The number of rotatable bonds is 34. The molecule has 6 amide bonds. The SMILES string of the molecule is O=C(O)CCOCCOCCOCCOCCN(CCOCCOCCOCCOCCC(=O)ON1C(=O)CCC1=O)C(=O)CCN1COCC=CC1=O.O=C1CCC(=O)N1. The topological polar surface area (TPSA) is 271 Å². The van der Waals surface area contributed by atoms with Crippen LogP contribution in [0.25, 0.3) is 0 Å². The fourth-order valence-corrected chi connectivity index (χ4v) is 4.97. The summed E-state index contributed by atoms with van der Waals surface area (Å²) in [4.78, 5) is 98.5. The fraction of sp³-hybridized carbons (Fsp3) is 0.737. The number of nitrogens with zero attached hydrogens (tertiary/aromatic N) is 3. The third-order valence-corrected chi connectivity index (χ3v) is 8.19. The van der Waals surface area contributed by atoms with Gasteiger partial charge in [0, 0.05) is 57.8 Å². The summed E-state index contributed by atoms with van der Waals surface area (Å²) in [6.45, 7) is 5.83. The molecule has 0 aromatic carbocycles. The molecule has 3 aliphatic rings. The van der Waals surface area contributed by atoms with Crippen LogP contribution in [0, 0.1) is 0 Å². The van der Waals surface area contributed by atoms with Gasteiger partial charge in [0.05, 0.1) is 125 Å². The van der Waals surface area contributed by atoms with Crippen molar-refractivity contribution in [2.45, 2.75) is 44.9 Å². The number of carbonyl (C=O) groups excluding carboxylic acids is 7. The molecular weight excluding hydrogens is 816 g/mol. The molecule has 0 spiro atoms. The molecule has 0 atom stereocenters. The van der Waals surface area contributed by atoms with E-state index in [9.17, 15) is 38.4 Å². The van der Waals surface area contributed by atoms with Gasteiger partial charge in [-0.15, -0.1) is 5.06 Å². The van der Waals surface area contributed by atoms with E-state index in [2.05, 4.69) is 5.32 Å². The average molecular weight is 877 g/mol. The number of carbonyl (C=O) groups is 8. The lowest BCUT2D eigenvalue weighted by molar-refractivity contribution is -0.198. The standard InChI is InChI=1S/C34H55N3O17.C4H5NO2/c38-29-2-1-11-53-28-36(29)8-5-30(39)35(9-14-47-18-22-51-26-24-49-20-16-45-12-6-33(42)43)10-15-48-19-23-52-27-25-50-21-17-46-13-7-34(44)54-37-31(40)3-4-32(37)41;6-3-1-2-4(7)5-3/h1-2H,3-28H2,(H,42,43);1-2H2,(H,5,6,7). The number of hydrogen-bond donors (Lipinski definition) is 2. The van der Waals surface area contributed by atoms with Crippen LogP contribution in [0.5, 0.6) is 0 Å². The van der Waals surface area contributed by atoms with Crippen molar-refractivity contribution in [3.05, 3.63) is 12.2 Å². The molecule has 2 fully saturated rings. The summed E-state index contributed by atoms with van der Waals surface area (Å²) >= 11 is 0. The predicted octanol–water partition coefficient (Wildman–Crippen LogP) is -1.39. The Labute approximate surface area is 354 Å². The van der Waals surface area contributed by atoms with Gasteiger partial charge in [-0.05, 0) is 0 Å². The zero-order valence-electron chi connectivity index (χ0n) is 34.6. The molecule has 2 N–H and O–H groups in total. The summed E-state index contributed by atoms with van der Waals surface area (Å²) in [6, 6.07) is 0. The third kappa shape index (κ3) is 27.2. The van der Waals surface area contributed by atoms with Crippen molar-refractivity contribution < 1.29 is 90.9 Å². The van der Waals surface area contributed by atoms with Crippen LogP contribution in [0.1, 0.15) is 44.9 Å². The molecule has 3 heterocycles. The minimum atomic E-state index is -0.910. The van der Waals surface area contributed by atoms with Gasteiger partial charge in [-0.25, -0.2) is 4.79 Å². The first-order chi connectivity index (χ1) is 29.6. The monoisotopic (exact) mass is 876 g/mol. The highest BCUT2D eigenvalue weighted by atomic mass is 16.7. The Morgan fingerprint density at radius 2 is 1.05 bits per heavy atom. The Hall–Kier alpha value is -4.46. The molecule has 0 aliphatic carbocycles. The van der Waals surface area contributed by atoms with Gasteiger partial charge in [-0.2, -0.15) is 0 Å². The zero-order chi connectivity index (χ0) is 44.3. The highest BCUT2D eigenvalue weighted by molar-refractivity contribution is 6.02. The molecule has 23 heteroatoms. The molecule has 2 saturated heterocycles. The number of hydrogen-bond acceptors (Lipinski definition) is 18. The number of amides is 6. The van der Waals surface area contributed by atoms with Crippen molar-refractivity contribution in [1.29, 1.82) is 0 Å². The van der Waals surface area contributed by atoms with E-state index < -0.39 is 23.8 Å². The normalized spacial score (nSPS) is 15.2. The van der Waals surface area contributed by atoms with Crippen molar-refractivity contribution in [1.82, 2.24) is 20.2 Å². The first kappa shape index (κ1) is 52.7. The Kier molecular flexibility index (Phi) is 29.5. The maximum Gasteiger partial charge on any atom is 0.335 e. The van der Waals surface area contributed by atoms with Gasteiger partial charge < -0.3 is 62.4 Å². The molecule has 346 valence electrons. The minimum Gasteiger partial charge on any atom is -0.481 e. The van der Waals surface area contributed by atoms with Crippen LogP contribution in [-0.2, 0) is 85.8 Å². The summed E-state index contributed by atoms with van der Waals surface area (Å²) in [5.41, 5.74) is 0. The maximum absolute atomic E-state index is 13.1. The molecule has 0 radical (unpaired) electrons. The summed E-state index contributed by atoms with van der Waals surface area (Å²) < 4.78 is 48.9. The van der Waals surface area contributed by atoms with Crippen LogP contribution in [0.3, 0.4) is 0 Å². The number of ether oxygens (including phenoxy) is 9. The number of hydroxylamine groups is 2. The molecule has 23 nitrogen and oxygen atoms in total. The lowest BCUT2D eigenvalue weighted by atomic mass is 10.3. The van der Waals surface area contributed by atoms with E-state index in [4.69, 9.17) is 52.6 Å². The molecule has 3 rings (SSSR count). The fourth-order valence-electron chi connectivity index (χ4n) is 4.97. The number of nitrogens with one attached hydrogen (secondary N) is 1. The average Bonchev–Trinajstić information content (AvgIpc) is 3.69. The van der Waals surface area contributed by atoms with Gasteiger partial charge in [0.15, 0.2) is 0 Å². The zero-order valence-corrected chi connectivity index (χ0v) is 34.6. The molecule has 0 aromatic rings. The van der Waals surface area contributed by atoms with E-state index in [-0.39, 0.29) is 109 Å². The second kappa shape index (κ2) is 34.2. The van der Waals surface area contributed by atoms with Crippen molar-refractivity contribution in [2.24, 2.45) is 0 Å². The van der Waals surface area contributed by atoms with Crippen LogP contribution in [0.4, 0.5) is 0 Å². The molecule has 0 bridgehead atoms. The van der Waals surface area contributed by atoms with Gasteiger partial charge in [0.1, 0.15) is 6.73 Å². The van der Waals surface area contributed by atoms with Gasteiger partial charge >= 0.3 is 11.9 Å². The second-order valence-electron chi connectivity index (χ2n) is 12.9. The smallest absolute Gasteiger partial charge is 0.335 e. The van der Waals surface area contributed by atoms with Crippen molar-refractivity contribution >= 4 is 47.4 Å². The highest BCUT2D eigenvalue weighted by Crippen LogP contribution is 2.12. The van der Waals surface area contributed by atoms with Crippen LogP contribution in [-0.4, -0.2) is 206 Å². The largest absolute Gasteiger partial charge is 0.481 e. The Balaban J connectivity index is 0.00000165. The first-order valence-corrected chi connectivity index (χ1v) is 20.1. The van der Waals surface area contributed by atoms with Crippen LogP contribution in [0.2, 0.25) is 0 Å². The third-order valence-electron chi connectivity index (χ3n) is 8.19. The summed E-state index contributed by atoms with van der Waals surface area (Å²) in [6.07, 6.45) is 3.84. The van der Waals surface area contributed by atoms with Crippen molar-refractivity contribution in [2.75, 3.05) is 139 Å². The molecule has 0 unspecified atom stereocenters. The Morgan fingerprint density at radius 3 is 1.49 bits per heavy atom. The summed E-state index contributed by atoms with van der Waals surface area (Å²) in [5.74, 6) is -3.37. The van der Waals surface area contributed by atoms with Gasteiger partial charge in [-0.1, -0.05) is 6.08 Å². The van der Waals surface area contributed by atoms with Crippen molar-refractivity contribution in [3.63, 3.8) is 0 Å². The molecule has 3 aliphatic heterocycles. The second-order valence-corrected chi connectivity index (χ2v) is 12.9. The lowest BCUT2D eigenvalue weighted by Gasteiger charge is -2.25. The number of imide groups is 2. The van der Waals surface area contributed by atoms with Crippen molar-refractivity contribution in [3.8, 4) is 0 Å². The maximum atomic E-state index is 13.1. The molecule has 61 heavy (non-hydrogen) atoms. The predicted molar refractivity (Wildman–Crippen MR) is 206 cm³/mol.